The number of carbonyl (C=O) groups is 1. The number of carbonyl (C=O) groups excluding carboxylic acids is 1. The number of ether oxygens (including phenoxy) is 1. The number of hydrogen-bond acceptors (Lipinski definition) is 6. The first-order valence-corrected chi connectivity index (χ1v) is 7.27. The first-order chi connectivity index (χ1) is 10.3. The molecular formula is C15H21N5O2. The molecule has 1 unspecified atom stereocenters. The Kier molecular flexibility index (Phi) is 4.50. The molecule has 0 N–H and O–H groups in total. The molecule has 0 spiro atoms. The minimum atomic E-state index is -0.494. The van der Waals surface area contributed by atoms with Crippen molar-refractivity contribution in [3.8, 4) is 6.07 Å². The zero-order chi connectivity index (χ0) is 16.3. The maximum absolute atomic E-state index is 12.2. The molecule has 118 valence electrons. The fraction of sp³-hybridized carbons (Fsp3) is 0.600. The van der Waals surface area contributed by atoms with Crippen LogP contribution in [0.3, 0.4) is 0 Å². The van der Waals surface area contributed by atoms with Gasteiger partial charge < -0.3 is 14.5 Å². The second-order valence-electron chi connectivity index (χ2n) is 6.34. The van der Waals surface area contributed by atoms with Crippen molar-refractivity contribution in [2.24, 2.45) is 0 Å². The molecule has 1 aromatic rings. The molecule has 1 aliphatic rings. The molecule has 2 heterocycles. The second-order valence-corrected chi connectivity index (χ2v) is 6.34. The average molecular weight is 303 g/mol. The van der Waals surface area contributed by atoms with Crippen LogP contribution in [0.25, 0.3) is 0 Å². The van der Waals surface area contributed by atoms with E-state index in [4.69, 9.17) is 10.00 Å². The zero-order valence-electron chi connectivity index (χ0n) is 13.4. The summed E-state index contributed by atoms with van der Waals surface area (Å²) in [6, 6.07) is 1.96. The van der Waals surface area contributed by atoms with Crippen LogP contribution in [0.4, 0.5) is 10.6 Å². The topological polar surface area (TPSA) is 82.4 Å². The molecule has 1 aromatic heterocycles. The van der Waals surface area contributed by atoms with Gasteiger partial charge in [-0.2, -0.15) is 5.26 Å². The van der Waals surface area contributed by atoms with E-state index in [1.165, 1.54) is 6.20 Å². The third-order valence-electron chi connectivity index (χ3n) is 3.33. The minimum absolute atomic E-state index is 0.0149. The molecule has 0 aliphatic carbocycles. The summed E-state index contributed by atoms with van der Waals surface area (Å²) in [5.41, 5.74) is -0.198. The SMILES string of the molecule is CC1CN(c2cnc(C#N)cn2)CCN1C(=O)OC(C)(C)C. The van der Waals surface area contributed by atoms with Gasteiger partial charge in [0.05, 0.1) is 12.4 Å². The highest BCUT2D eigenvalue weighted by Gasteiger charge is 2.31. The lowest BCUT2D eigenvalue weighted by molar-refractivity contribution is 0.0158. The van der Waals surface area contributed by atoms with Gasteiger partial charge in [0.1, 0.15) is 17.5 Å². The lowest BCUT2D eigenvalue weighted by Crippen LogP contribution is -2.55. The molecule has 0 bridgehead atoms. The van der Waals surface area contributed by atoms with Gasteiger partial charge in [-0.15, -0.1) is 0 Å². The quantitative estimate of drug-likeness (QED) is 0.786. The number of hydrogen-bond donors (Lipinski definition) is 0. The van der Waals surface area contributed by atoms with Crippen molar-refractivity contribution in [1.82, 2.24) is 14.9 Å². The van der Waals surface area contributed by atoms with Gasteiger partial charge in [-0.25, -0.2) is 14.8 Å². The molecule has 2 rings (SSSR count). The van der Waals surface area contributed by atoms with Crippen LogP contribution in [0.15, 0.2) is 12.4 Å². The Bertz CT molecular complexity index is 573. The summed E-state index contributed by atoms with van der Waals surface area (Å²) in [6.07, 6.45) is 2.76. The number of amides is 1. The van der Waals surface area contributed by atoms with Crippen molar-refractivity contribution in [2.75, 3.05) is 24.5 Å². The van der Waals surface area contributed by atoms with E-state index in [1.54, 1.807) is 11.1 Å². The van der Waals surface area contributed by atoms with Crippen molar-refractivity contribution in [3.63, 3.8) is 0 Å². The van der Waals surface area contributed by atoms with Gasteiger partial charge in [-0.3, -0.25) is 0 Å². The van der Waals surface area contributed by atoms with Crippen molar-refractivity contribution in [1.29, 1.82) is 5.26 Å². The van der Waals surface area contributed by atoms with Gasteiger partial charge >= 0.3 is 6.09 Å². The standard InChI is InChI=1S/C15H21N5O2/c1-11-10-19(13-9-17-12(7-16)8-18-13)5-6-20(11)14(21)22-15(2,3)4/h8-9,11H,5-6,10H2,1-4H3. The smallest absolute Gasteiger partial charge is 0.410 e. The lowest BCUT2D eigenvalue weighted by atomic mass is 10.2. The van der Waals surface area contributed by atoms with E-state index in [-0.39, 0.29) is 12.1 Å². The van der Waals surface area contributed by atoms with E-state index < -0.39 is 5.60 Å². The molecule has 0 aromatic carbocycles. The summed E-state index contributed by atoms with van der Waals surface area (Å²) in [6.45, 7) is 9.43. The number of piperazine rings is 1. The average Bonchev–Trinajstić information content (AvgIpc) is 2.45. The Balaban J connectivity index is 2.00. The number of aromatic nitrogens is 2. The third kappa shape index (κ3) is 3.85. The fourth-order valence-corrected chi connectivity index (χ4v) is 2.30. The van der Waals surface area contributed by atoms with E-state index >= 15 is 0 Å². The van der Waals surface area contributed by atoms with Gasteiger partial charge in [0.2, 0.25) is 0 Å². The molecule has 1 amide bonds. The Hall–Kier alpha value is -2.36. The van der Waals surface area contributed by atoms with E-state index in [1.807, 2.05) is 33.8 Å². The van der Waals surface area contributed by atoms with Crippen molar-refractivity contribution >= 4 is 11.9 Å². The van der Waals surface area contributed by atoms with E-state index in [0.717, 1.165) is 5.82 Å². The molecule has 1 atom stereocenters. The van der Waals surface area contributed by atoms with Gasteiger partial charge in [0.25, 0.3) is 0 Å². The molecule has 1 fully saturated rings. The molecule has 1 saturated heterocycles. The van der Waals surface area contributed by atoms with Crippen LogP contribution >= 0.6 is 0 Å². The van der Waals surface area contributed by atoms with Gasteiger partial charge in [0, 0.05) is 25.7 Å². The molecule has 0 saturated carbocycles. The highest BCUT2D eigenvalue weighted by Crippen LogP contribution is 2.19. The van der Waals surface area contributed by atoms with Crippen LogP contribution < -0.4 is 4.90 Å². The van der Waals surface area contributed by atoms with Crippen LogP contribution in [0.5, 0.6) is 0 Å². The molecular weight excluding hydrogens is 282 g/mol. The summed E-state index contributed by atoms with van der Waals surface area (Å²) in [7, 11) is 0. The number of nitrogens with zero attached hydrogens (tertiary/aromatic N) is 5. The van der Waals surface area contributed by atoms with Gasteiger partial charge in [-0.05, 0) is 27.7 Å². The number of nitriles is 1. The second kappa shape index (κ2) is 6.18. The summed E-state index contributed by atoms with van der Waals surface area (Å²) in [4.78, 5) is 24.2. The Labute approximate surface area is 130 Å². The largest absolute Gasteiger partial charge is 0.444 e. The molecule has 7 heteroatoms. The molecule has 1 aliphatic heterocycles. The van der Waals surface area contributed by atoms with E-state index in [9.17, 15) is 4.79 Å². The van der Waals surface area contributed by atoms with Gasteiger partial charge in [-0.1, -0.05) is 0 Å². The highest BCUT2D eigenvalue weighted by molar-refractivity contribution is 5.69. The lowest BCUT2D eigenvalue weighted by Gasteiger charge is -2.40. The van der Waals surface area contributed by atoms with Crippen LogP contribution in [0, 0.1) is 11.3 Å². The van der Waals surface area contributed by atoms with Crippen LogP contribution in [-0.2, 0) is 4.74 Å². The monoisotopic (exact) mass is 303 g/mol. The fourth-order valence-electron chi connectivity index (χ4n) is 2.30. The van der Waals surface area contributed by atoms with Gasteiger partial charge in [0.15, 0.2) is 5.69 Å². The maximum atomic E-state index is 12.2. The predicted octanol–water partition coefficient (Wildman–Crippen LogP) is 1.79. The normalized spacial score (nSPS) is 18.8. The Morgan fingerprint density at radius 1 is 1.36 bits per heavy atom. The summed E-state index contributed by atoms with van der Waals surface area (Å²) >= 11 is 0. The Morgan fingerprint density at radius 3 is 2.59 bits per heavy atom. The molecule has 0 radical (unpaired) electrons. The minimum Gasteiger partial charge on any atom is -0.444 e. The van der Waals surface area contributed by atoms with Crippen molar-refractivity contribution in [2.45, 2.75) is 39.3 Å². The summed E-state index contributed by atoms with van der Waals surface area (Å²) in [5, 5.41) is 8.75. The number of rotatable bonds is 1. The Morgan fingerprint density at radius 2 is 2.09 bits per heavy atom. The number of anilines is 1. The van der Waals surface area contributed by atoms with Crippen molar-refractivity contribution < 1.29 is 9.53 Å². The summed E-state index contributed by atoms with van der Waals surface area (Å²) < 4.78 is 5.42. The first-order valence-electron chi connectivity index (χ1n) is 7.27. The van der Waals surface area contributed by atoms with Crippen LogP contribution in [0.2, 0.25) is 0 Å². The first kappa shape index (κ1) is 16.0. The molecule has 22 heavy (non-hydrogen) atoms. The van der Waals surface area contributed by atoms with Crippen molar-refractivity contribution in [3.05, 3.63) is 18.1 Å². The third-order valence-corrected chi connectivity index (χ3v) is 3.33. The zero-order valence-corrected chi connectivity index (χ0v) is 13.4. The summed E-state index contributed by atoms with van der Waals surface area (Å²) in [5.74, 6) is 0.717. The highest BCUT2D eigenvalue weighted by atomic mass is 16.6. The van der Waals surface area contributed by atoms with Crippen LogP contribution in [0.1, 0.15) is 33.4 Å². The van der Waals surface area contributed by atoms with E-state index in [2.05, 4.69) is 14.9 Å². The van der Waals surface area contributed by atoms with E-state index in [0.29, 0.717) is 25.3 Å². The van der Waals surface area contributed by atoms with Crippen LogP contribution in [-0.4, -0.2) is 52.2 Å². The molecule has 7 nitrogen and oxygen atoms in total. The predicted molar refractivity (Wildman–Crippen MR) is 81.4 cm³/mol. The maximum Gasteiger partial charge on any atom is 0.410 e.